The largest absolute Gasteiger partial charge is 0.493 e. The molecule has 13 heavy (non-hydrogen) atoms. The molecular formula is C8H13N3O2. The van der Waals surface area contributed by atoms with Crippen molar-refractivity contribution in [2.75, 3.05) is 20.6 Å². The van der Waals surface area contributed by atoms with Crippen LogP contribution in [0.1, 0.15) is 5.82 Å². The molecule has 0 aliphatic heterocycles. The maximum atomic E-state index is 10.9. The molecule has 1 aromatic rings. The fraction of sp³-hybridized carbons (Fsp3) is 0.500. The lowest BCUT2D eigenvalue weighted by Crippen LogP contribution is -2.18. The smallest absolute Gasteiger partial charge is 0.254 e. The van der Waals surface area contributed by atoms with Crippen LogP contribution in [0.2, 0.25) is 0 Å². The molecule has 0 fully saturated rings. The molecule has 0 aliphatic carbocycles. The highest BCUT2D eigenvalue weighted by Gasteiger charge is 1.99. The van der Waals surface area contributed by atoms with E-state index in [2.05, 4.69) is 9.97 Å². The van der Waals surface area contributed by atoms with Crippen LogP contribution in [-0.2, 0) is 6.42 Å². The van der Waals surface area contributed by atoms with Crippen molar-refractivity contribution < 1.29 is 5.11 Å². The van der Waals surface area contributed by atoms with Crippen molar-refractivity contribution >= 4 is 0 Å². The van der Waals surface area contributed by atoms with Gasteiger partial charge in [-0.05, 0) is 14.1 Å². The van der Waals surface area contributed by atoms with E-state index in [9.17, 15) is 4.79 Å². The van der Waals surface area contributed by atoms with Crippen LogP contribution in [0.15, 0.2) is 10.9 Å². The van der Waals surface area contributed by atoms with Gasteiger partial charge in [-0.3, -0.25) is 4.79 Å². The van der Waals surface area contributed by atoms with E-state index in [4.69, 9.17) is 5.11 Å². The molecule has 0 unspecified atom stereocenters. The second-order valence-corrected chi connectivity index (χ2v) is 3.10. The van der Waals surface area contributed by atoms with Gasteiger partial charge in [0.25, 0.3) is 5.56 Å². The predicted octanol–water partition coefficient (Wildman–Crippen LogP) is -0.420. The van der Waals surface area contributed by atoms with E-state index in [0.717, 1.165) is 12.6 Å². The summed E-state index contributed by atoms with van der Waals surface area (Å²) in [6, 6.07) is 1.05. The Labute approximate surface area is 76.0 Å². The Morgan fingerprint density at radius 2 is 2.31 bits per heavy atom. The average Bonchev–Trinajstić information content (AvgIpc) is 1.99. The zero-order valence-electron chi connectivity index (χ0n) is 7.74. The van der Waals surface area contributed by atoms with Gasteiger partial charge in [0, 0.05) is 13.0 Å². The average molecular weight is 183 g/mol. The van der Waals surface area contributed by atoms with Gasteiger partial charge in [-0.15, -0.1) is 0 Å². The molecule has 5 nitrogen and oxygen atoms in total. The van der Waals surface area contributed by atoms with Crippen LogP contribution < -0.4 is 5.56 Å². The third kappa shape index (κ3) is 3.25. The molecule has 72 valence electrons. The first-order valence-electron chi connectivity index (χ1n) is 4.02. The molecule has 0 aliphatic rings. The Bertz CT molecular complexity index is 332. The molecule has 5 heteroatoms. The molecular weight excluding hydrogens is 170 g/mol. The highest BCUT2D eigenvalue weighted by atomic mass is 16.3. The van der Waals surface area contributed by atoms with Gasteiger partial charge in [0.15, 0.2) is 0 Å². The standard InChI is InChI=1S/C8H13N3O2/c1-11(2)4-3-6-9-7(12)5-8(13)10-6/h5H,3-4H2,1-2H3,(H2,9,10,12,13). The van der Waals surface area contributed by atoms with Gasteiger partial charge in [0.05, 0.1) is 6.07 Å². The number of nitrogens with one attached hydrogen (secondary N) is 1. The van der Waals surface area contributed by atoms with E-state index >= 15 is 0 Å². The van der Waals surface area contributed by atoms with Crippen molar-refractivity contribution in [2.45, 2.75) is 6.42 Å². The Balaban J connectivity index is 2.72. The van der Waals surface area contributed by atoms with Gasteiger partial charge in [-0.1, -0.05) is 0 Å². The lowest BCUT2D eigenvalue weighted by molar-refractivity contribution is 0.404. The molecule has 1 heterocycles. The maximum absolute atomic E-state index is 10.9. The topological polar surface area (TPSA) is 69.2 Å². The monoisotopic (exact) mass is 183 g/mol. The minimum Gasteiger partial charge on any atom is -0.493 e. The van der Waals surface area contributed by atoms with Crippen LogP contribution in [0.25, 0.3) is 0 Å². The summed E-state index contributed by atoms with van der Waals surface area (Å²) < 4.78 is 0. The Hall–Kier alpha value is -1.36. The Morgan fingerprint density at radius 3 is 2.85 bits per heavy atom. The van der Waals surface area contributed by atoms with Crippen molar-refractivity contribution in [2.24, 2.45) is 0 Å². The van der Waals surface area contributed by atoms with Crippen LogP contribution in [0, 0.1) is 0 Å². The summed E-state index contributed by atoms with van der Waals surface area (Å²) in [5.41, 5.74) is -0.318. The molecule has 2 N–H and O–H groups in total. The third-order valence-electron chi connectivity index (χ3n) is 1.57. The fourth-order valence-corrected chi connectivity index (χ4v) is 0.942. The van der Waals surface area contributed by atoms with Gasteiger partial charge in [0.2, 0.25) is 5.88 Å². The normalized spacial score (nSPS) is 10.7. The number of H-pyrrole nitrogens is 1. The number of hydrogen-bond donors (Lipinski definition) is 2. The van der Waals surface area contributed by atoms with Crippen LogP contribution in [0.5, 0.6) is 5.88 Å². The van der Waals surface area contributed by atoms with E-state index in [0.29, 0.717) is 12.2 Å². The molecule has 0 atom stereocenters. The molecule has 0 saturated carbocycles. The molecule has 0 radical (unpaired) electrons. The molecule has 1 aromatic heterocycles. The van der Waals surface area contributed by atoms with Gasteiger partial charge in [0.1, 0.15) is 5.82 Å². The zero-order chi connectivity index (χ0) is 9.84. The summed E-state index contributed by atoms with van der Waals surface area (Å²) >= 11 is 0. The predicted molar refractivity (Wildman–Crippen MR) is 48.8 cm³/mol. The number of aromatic hydroxyl groups is 1. The summed E-state index contributed by atoms with van der Waals surface area (Å²) in [7, 11) is 3.86. The number of hydrogen-bond acceptors (Lipinski definition) is 4. The number of rotatable bonds is 3. The minimum absolute atomic E-state index is 0.225. The summed E-state index contributed by atoms with van der Waals surface area (Å²) in [5.74, 6) is 0.288. The minimum atomic E-state index is -0.318. The highest BCUT2D eigenvalue weighted by molar-refractivity contribution is 5.06. The summed E-state index contributed by atoms with van der Waals surface area (Å²) in [6.45, 7) is 0.784. The molecule has 0 amide bonds. The van der Waals surface area contributed by atoms with E-state index in [1.807, 2.05) is 19.0 Å². The lowest BCUT2D eigenvalue weighted by Gasteiger charge is -2.07. The highest BCUT2D eigenvalue weighted by Crippen LogP contribution is 1.98. The summed E-state index contributed by atoms with van der Waals surface area (Å²) in [5, 5.41) is 9.01. The van der Waals surface area contributed by atoms with E-state index in [-0.39, 0.29) is 11.4 Å². The number of nitrogens with zero attached hydrogens (tertiary/aromatic N) is 2. The van der Waals surface area contributed by atoms with Crippen molar-refractivity contribution in [3.63, 3.8) is 0 Å². The second kappa shape index (κ2) is 4.04. The fourth-order valence-electron chi connectivity index (χ4n) is 0.942. The van der Waals surface area contributed by atoms with Crippen molar-refractivity contribution in [3.05, 3.63) is 22.2 Å². The summed E-state index contributed by atoms with van der Waals surface area (Å²) in [4.78, 5) is 19.2. The molecule has 0 spiro atoms. The number of aromatic nitrogens is 2. The zero-order valence-corrected chi connectivity index (χ0v) is 7.74. The number of likely N-dealkylation sites (N-methyl/N-ethyl adjacent to an activating group) is 1. The van der Waals surface area contributed by atoms with Crippen molar-refractivity contribution in [1.29, 1.82) is 0 Å². The summed E-state index contributed by atoms with van der Waals surface area (Å²) in [6.07, 6.45) is 0.622. The second-order valence-electron chi connectivity index (χ2n) is 3.10. The van der Waals surface area contributed by atoms with E-state index in [1.165, 1.54) is 0 Å². The van der Waals surface area contributed by atoms with Crippen LogP contribution >= 0.6 is 0 Å². The Morgan fingerprint density at radius 1 is 1.62 bits per heavy atom. The van der Waals surface area contributed by atoms with Gasteiger partial charge in [-0.25, -0.2) is 4.98 Å². The van der Waals surface area contributed by atoms with Gasteiger partial charge < -0.3 is 15.0 Å². The van der Waals surface area contributed by atoms with E-state index in [1.54, 1.807) is 0 Å². The Kier molecular flexibility index (Phi) is 3.02. The molecule has 1 rings (SSSR count). The van der Waals surface area contributed by atoms with Gasteiger partial charge in [-0.2, -0.15) is 0 Å². The quantitative estimate of drug-likeness (QED) is 0.667. The third-order valence-corrected chi connectivity index (χ3v) is 1.57. The first-order chi connectivity index (χ1) is 6.08. The van der Waals surface area contributed by atoms with Gasteiger partial charge >= 0.3 is 0 Å². The van der Waals surface area contributed by atoms with Crippen LogP contribution in [-0.4, -0.2) is 40.6 Å². The molecule has 0 bridgehead atoms. The van der Waals surface area contributed by atoms with Crippen molar-refractivity contribution in [1.82, 2.24) is 14.9 Å². The van der Waals surface area contributed by atoms with E-state index < -0.39 is 0 Å². The molecule has 0 saturated heterocycles. The first-order valence-corrected chi connectivity index (χ1v) is 4.02. The maximum Gasteiger partial charge on any atom is 0.254 e. The lowest BCUT2D eigenvalue weighted by atomic mass is 10.4. The number of aromatic amines is 1. The SMILES string of the molecule is CN(C)CCc1nc(O)cc(=O)[nH]1. The van der Waals surface area contributed by atoms with Crippen LogP contribution in [0.4, 0.5) is 0 Å². The van der Waals surface area contributed by atoms with Crippen molar-refractivity contribution in [3.8, 4) is 5.88 Å². The first kappa shape index (κ1) is 9.73. The molecule has 0 aromatic carbocycles. The van der Waals surface area contributed by atoms with Crippen LogP contribution in [0.3, 0.4) is 0 Å².